The van der Waals surface area contributed by atoms with Crippen molar-refractivity contribution in [1.29, 1.82) is 0 Å². The van der Waals surface area contributed by atoms with Crippen molar-refractivity contribution in [3.05, 3.63) is 23.8 Å². The molecule has 0 radical (unpaired) electrons. The maximum absolute atomic E-state index is 10.8. The van der Waals surface area contributed by atoms with E-state index in [1.165, 1.54) is 0 Å². The van der Waals surface area contributed by atoms with Crippen LogP contribution in [0.3, 0.4) is 0 Å². The fourth-order valence-corrected chi connectivity index (χ4v) is 2.19. The van der Waals surface area contributed by atoms with E-state index in [-0.39, 0.29) is 0 Å². The van der Waals surface area contributed by atoms with Gasteiger partial charge < -0.3 is 14.9 Å². The Balaban J connectivity index is 3.68. The summed E-state index contributed by atoms with van der Waals surface area (Å²) in [4.78, 5) is 32.4. The first-order valence-corrected chi connectivity index (χ1v) is 7.85. The first kappa shape index (κ1) is 20.9. The number of carboxylic acids is 2. The fraction of sp³-hybridized carbons (Fsp3) is 0.588. The Morgan fingerprint density at radius 3 is 1.87 bits per heavy atom. The third-order valence-corrected chi connectivity index (χ3v) is 3.46. The van der Waals surface area contributed by atoms with Crippen LogP contribution in [0, 0.1) is 0 Å². The second-order valence-electron chi connectivity index (χ2n) is 5.36. The molecule has 0 atom stereocenters. The largest absolute Gasteiger partial charge is 0.477 e. The first-order valence-electron chi connectivity index (χ1n) is 7.85. The number of allylic oxidation sites excluding steroid dienone is 1. The molecule has 0 amide bonds. The van der Waals surface area contributed by atoms with E-state index in [0.717, 1.165) is 51.0 Å². The number of carboxylic acid groups (broad SMARTS) is 2. The van der Waals surface area contributed by atoms with E-state index in [0.29, 0.717) is 18.6 Å². The number of hydrogen-bond acceptors (Lipinski definition) is 4. The summed E-state index contributed by atoms with van der Waals surface area (Å²) in [5, 5.41) is 17.7. The summed E-state index contributed by atoms with van der Waals surface area (Å²) in [6, 6.07) is 0. The summed E-state index contributed by atoms with van der Waals surface area (Å²) in [7, 11) is 0. The Bertz CT molecular complexity index is 434. The molecule has 0 aliphatic rings. The molecule has 130 valence electrons. The lowest BCUT2D eigenvalue weighted by Gasteiger charge is -2.05. The predicted octanol–water partition coefficient (Wildman–Crippen LogP) is 3.32. The SMILES string of the molecule is C=CC(=O)OCCCCCCCCCC(C)=C(C(=O)O)C(=O)O. The molecule has 0 aliphatic heterocycles. The fourth-order valence-electron chi connectivity index (χ4n) is 2.19. The van der Waals surface area contributed by atoms with Crippen LogP contribution in [0.5, 0.6) is 0 Å². The molecule has 0 aromatic carbocycles. The van der Waals surface area contributed by atoms with Crippen LogP contribution in [0.25, 0.3) is 0 Å². The maximum atomic E-state index is 10.8. The molecule has 0 bridgehead atoms. The molecule has 6 nitrogen and oxygen atoms in total. The summed E-state index contributed by atoms with van der Waals surface area (Å²) in [6.07, 6.45) is 8.33. The van der Waals surface area contributed by atoms with Crippen LogP contribution >= 0.6 is 0 Å². The van der Waals surface area contributed by atoms with Crippen molar-refractivity contribution in [2.75, 3.05) is 6.61 Å². The van der Waals surface area contributed by atoms with E-state index < -0.39 is 23.5 Å². The average Bonchev–Trinajstić information content (AvgIpc) is 2.47. The minimum absolute atomic E-state index is 0.393. The predicted molar refractivity (Wildman–Crippen MR) is 86.1 cm³/mol. The molecular formula is C17H26O6. The summed E-state index contributed by atoms with van der Waals surface area (Å²) in [5.74, 6) is -3.16. The highest BCUT2D eigenvalue weighted by Crippen LogP contribution is 2.15. The number of carbonyl (C=O) groups excluding carboxylic acids is 1. The van der Waals surface area contributed by atoms with Crippen molar-refractivity contribution < 1.29 is 29.3 Å². The number of esters is 1. The number of ether oxygens (including phenoxy) is 1. The van der Waals surface area contributed by atoms with E-state index in [9.17, 15) is 14.4 Å². The molecule has 0 saturated carbocycles. The second-order valence-corrected chi connectivity index (χ2v) is 5.36. The zero-order chi connectivity index (χ0) is 17.7. The topological polar surface area (TPSA) is 101 Å². The zero-order valence-corrected chi connectivity index (χ0v) is 13.7. The Labute approximate surface area is 136 Å². The smallest absolute Gasteiger partial charge is 0.343 e. The third-order valence-electron chi connectivity index (χ3n) is 3.46. The van der Waals surface area contributed by atoms with Gasteiger partial charge in [0, 0.05) is 6.08 Å². The van der Waals surface area contributed by atoms with Gasteiger partial charge in [0.15, 0.2) is 0 Å². The van der Waals surface area contributed by atoms with Gasteiger partial charge in [-0.15, -0.1) is 0 Å². The number of carbonyl (C=O) groups is 3. The molecule has 0 saturated heterocycles. The normalized spacial score (nSPS) is 9.96. The zero-order valence-electron chi connectivity index (χ0n) is 13.7. The molecule has 0 spiro atoms. The van der Waals surface area contributed by atoms with Crippen molar-refractivity contribution in [1.82, 2.24) is 0 Å². The monoisotopic (exact) mass is 326 g/mol. The van der Waals surface area contributed by atoms with Crippen LogP contribution in [0.1, 0.15) is 58.3 Å². The molecule has 0 heterocycles. The highest BCUT2D eigenvalue weighted by Gasteiger charge is 2.18. The molecule has 2 N–H and O–H groups in total. The molecule has 0 rings (SSSR count). The summed E-state index contributed by atoms with van der Waals surface area (Å²) >= 11 is 0. The van der Waals surface area contributed by atoms with Crippen molar-refractivity contribution in [2.24, 2.45) is 0 Å². The van der Waals surface area contributed by atoms with Crippen LogP contribution in [0.15, 0.2) is 23.8 Å². The number of rotatable bonds is 13. The van der Waals surface area contributed by atoms with Gasteiger partial charge in [-0.25, -0.2) is 14.4 Å². The average molecular weight is 326 g/mol. The van der Waals surface area contributed by atoms with E-state index in [1.54, 1.807) is 6.92 Å². The molecule has 23 heavy (non-hydrogen) atoms. The molecule has 0 aromatic rings. The first-order chi connectivity index (χ1) is 10.9. The van der Waals surface area contributed by atoms with E-state index >= 15 is 0 Å². The van der Waals surface area contributed by atoms with Gasteiger partial charge in [-0.05, 0) is 26.2 Å². The summed E-state index contributed by atoms with van der Waals surface area (Å²) in [5.41, 5.74) is -0.104. The van der Waals surface area contributed by atoms with Gasteiger partial charge in [0.1, 0.15) is 5.57 Å². The Kier molecular flexibility index (Phi) is 11.3. The van der Waals surface area contributed by atoms with Crippen molar-refractivity contribution in [3.63, 3.8) is 0 Å². The number of hydrogen-bond donors (Lipinski definition) is 2. The standard InChI is InChI=1S/C17H26O6/c1-3-14(18)23-12-10-8-6-4-5-7-9-11-13(2)15(16(19)20)17(21)22/h3H,1,4-12H2,2H3,(H,19,20)(H,21,22). The van der Waals surface area contributed by atoms with Gasteiger partial charge in [-0.1, -0.05) is 44.3 Å². The molecular weight excluding hydrogens is 300 g/mol. The quantitative estimate of drug-likeness (QED) is 0.177. The molecule has 0 fully saturated rings. The lowest BCUT2D eigenvalue weighted by Crippen LogP contribution is -2.13. The summed E-state index contributed by atoms with van der Waals surface area (Å²) < 4.78 is 4.87. The van der Waals surface area contributed by atoms with Crippen molar-refractivity contribution in [3.8, 4) is 0 Å². The van der Waals surface area contributed by atoms with Crippen LogP contribution in [0.2, 0.25) is 0 Å². The Morgan fingerprint density at radius 1 is 0.913 bits per heavy atom. The van der Waals surface area contributed by atoms with Gasteiger partial charge in [0.2, 0.25) is 0 Å². The van der Waals surface area contributed by atoms with Crippen LogP contribution in [-0.2, 0) is 19.1 Å². The van der Waals surface area contributed by atoms with Gasteiger partial charge in [-0.3, -0.25) is 0 Å². The lowest BCUT2D eigenvalue weighted by molar-refractivity contribution is -0.140. The molecule has 6 heteroatoms. The Hall–Kier alpha value is -2.11. The summed E-state index contributed by atoms with van der Waals surface area (Å²) in [6.45, 7) is 5.29. The minimum Gasteiger partial charge on any atom is -0.477 e. The van der Waals surface area contributed by atoms with Gasteiger partial charge in [0.25, 0.3) is 0 Å². The lowest BCUT2D eigenvalue weighted by atomic mass is 10.0. The van der Waals surface area contributed by atoms with Crippen LogP contribution in [-0.4, -0.2) is 34.7 Å². The number of unbranched alkanes of at least 4 members (excludes halogenated alkanes) is 6. The van der Waals surface area contributed by atoms with Gasteiger partial charge >= 0.3 is 17.9 Å². The highest BCUT2D eigenvalue weighted by molar-refractivity contribution is 6.13. The van der Waals surface area contributed by atoms with Crippen LogP contribution in [0.4, 0.5) is 0 Å². The van der Waals surface area contributed by atoms with E-state index in [4.69, 9.17) is 14.9 Å². The second kappa shape index (κ2) is 12.4. The van der Waals surface area contributed by atoms with Crippen molar-refractivity contribution >= 4 is 17.9 Å². The molecule has 0 unspecified atom stereocenters. The number of aliphatic carboxylic acids is 2. The van der Waals surface area contributed by atoms with Crippen molar-refractivity contribution in [2.45, 2.75) is 58.3 Å². The van der Waals surface area contributed by atoms with Gasteiger partial charge in [0.05, 0.1) is 6.61 Å². The molecule has 0 aliphatic carbocycles. The van der Waals surface area contributed by atoms with E-state index in [2.05, 4.69) is 6.58 Å². The minimum atomic E-state index is -1.38. The Morgan fingerprint density at radius 2 is 1.39 bits per heavy atom. The van der Waals surface area contributed by atoms with Crippen LogP contribution < -0.4 is 0 Å². The van der Waals surface area contributed by atoms with Gasteiger partial charge in [-0.2, -0.15) is 0 Å². The maximum Gasteiger partial charge on any atom is 0.343 e. The third kappa shape index (κ3) is 10.3. The highest BCUT2D eigenvalue weighted by atomic mass is 16.5. The van der Waals surface area contributed by atoms with E-state index in [1.807, 2.05) is 0 Å². The molecule has 0 aromatic heterocycles.